The van der Waals surface area contributed by atoms with Gasteiger partial charge in [0, 0.05) is 35.4 Å². The van der Waals surface area contributed by atoms with Crippen molar-refractivity contribution in [2.45, 2.75) is 19.4 Å². The fourth-order valence-corrected chi connectivity index (χ4v) is 10.5. The van der Waals surface area contributed by atoms with E-state index in [1.165, 1.54) is 111 Å². The van der Waals surface area contributed by atoms with Crippen molar-refractivity contribution < 1.29 is 0 Å². The topological polar surface area (TPSA) is 20.2 Å². The highest BCUT2D eigenvalue weighted by Gasteiger charge is 2.31. The molecule has 2 aliphatic rings. The number of rotatable bonds is 6. The molecule has 1 aliphatic carbocycles. The highest BCUT2D eigenvalue weighted by molar-refractivity contribution is 6.10. The quantitative estimate of drug-likeness (QED) is 0.181. The zero-order valence-electron chi connectivity index (χ0n) is 35.6. The number of allylic oxidation sites excluding steroid dienone is 1. The van der Waals surface area contributed by atoms with Crippen LogP contribution in [0, 0.1) is 5.92 Å². The molecule has 0 saturated heterocycles. The van der Waals surface area contributed by atoms with Gasteiger partial charge >= 0.3 is 0 Å². The SMILES string of the molecule is CC1C=Cc2c(c3c(c4ccccc24)NCC(c2cccc(-c4cccc(-c5cccc(-c6cccc(-c7ccc8c9ccccc9n(-c9ccccc9)c8c7)c6)c5)c4)c2)N3C)C1. The molecule has 0 amide bonds. The van der Waals surface area contributed by atoms with Crippen LogP contribution >= 0.6 is 0 Å². The first-order chi connectivity index (χ1) is 31.1. The molecule has 2 unspecified atom stereocenters. The van der Waals surface area contributed by atoms with Gasteiger partial charge in [-0.15, -0.1) is 0 Å². The molecule has 1 aliphatic heterocycles. The first-order valence-corrected chi connectivity index (χ1v) is 22.3. The van der Waals surface area contributed by atoms with Gasteiger partial charge in [0.15, 0.2) is 0 Å². The van der Waals surface area contributed by atoms with Crippen molar-refractivity contribution in [2.75, 3.05) is 23.8 Å². The minimum Gasteiger partial charge on any atom is -0.380 e. The van der Waals surface area contributed by atoms with E-state index in [1.54, 1.807) is 0 Å². The number of para-hydroxylation sites is 2. The zero-order chi connectivity index (χ0) is 42.0. The van der Waals surface area contributed by atoms with E-state index in [0.717, 1.165) is 13.0 Å². The summed E-state index contributed by atoms with van der Waals surface area (Å²) in [6, 6.07) is 71.6. The van der Waals surface area contributed by atoms with E-state index < -0.39 is 0 Å². The Hall–Kier alpha value is -7.62. The van der Waals surface area contributed by atoms with Crippen molar-refractivity contribution in [3.8, 4) is 50.2 Å². The van der Waals surface area contributed by atoms with E-state index in [2.05, 4.69) is 235 Å². The molecule has 1 N–H and O–H groups in total. The fraction of sp³-hybridized carbons (Fsp3) is 0.100. The van der Waals surface area contributed by atoms with E-state index in [9.17, 15) is 0 Å². The molecule has 63 heavy (non-hydrogen) atoms. The number of hydrogen-bond acceptors (Lipinski definition) is 2. The van der Waals surface area contributed by atoms with Crippen LogP contribution in [-0.4, -0.2) is 18.2 Å². The lowest BCUT2D eigenvalue weighted by Gasteiger charge is -2.40. The Kier molecular flexibility index (Phi) is 8.89. The molecule has 0 bridgehead atoms. The van der Waals surface area contributed by atoms with Crippen LogP contribution < -0.4 is 10.2 Å². The highest BCUT2D eigenvalue weighted by atomic mass is 15.2. The van der Waals surface area contributed by atoms with Gasteiger partial charge in [0.25, 0.3) is 0 Å². The molecule has 0 spiro atoms. The molecule has 302 valence electrons. The van der Waals surface area contributed by atoms with Crippen LogP contribution in [0.1, 0.15) is 29.7 Å². The smallest absolute Gasteiger partial charge is 0.0712 e. The summed E-state index contributed by atoms with van der Waals surface area (Å²) < 4.78 is 2.39. The van der Waals surface area contributed by atoms with E-state index in [1.807, 2.05) is 0 Å². The summed E-state index contributed by atoms with van der Waals surface area (Å²) in [6.45, 7) is 3.18. The Bertz CT molecular complexity index is 3430. The summed E-state index contributed by atoms with van der Waals surface area (Å²) in [7, 11) is 2.29. The number of likely N-dealkylation sites (N-methyl/N-ethyl adjacent to an activating group) is 1. The fourth-order valence-electron chi connectivity index (χ4n) is 10.5. The van der Waals surface area contributed by atoms with E-state index in [0.29, 0.717) is 5.92 Å². The Morgan fingerprint density at radius 2 is 1.02 bits per heavy atom. The van der Waals surface area contributed by atoms with Crippen molar-refractivity contribution >= 4 is 50.0 Å². The number of nitrogens with zero attached hydrogens (tertiary/aromatic N) is 2. The van der Waals surface area contributed by atoms with Crippen LogP contribution in [0.3, 0.4) is 0 Å². The van der Waals surface area contributed by atoms with Crippen LogP contribution in [0.15, 0.2) is 200 Å². The van der Waals surface area contributed by atoms with Crippen molar-refractivity contribution in [3.05, 3.63) is 217 Å². The third-order valence-electron chi connectivity index (χ3n) is 13.6. The number of aromatic nitrogens is 1. The number of nitrogens with one attached hydrogen (secondary N) is 1. The van der Waals surface area contributed by atoms with Crippen LogP contribution in [0.2, 0.25) is 0 Å². The summed E-state index contributed by atoms with van der Waals surface area (Å²) in [6.07, 6.45) is 5.78. The molecule has 1 aromatic heterocycles. The summed E-state index contributed by atoms with van der Waals surface area (Å²) in [5.41, 5.74) is 20.1. The Labute approximate surface area is 369 Å². The third kappa shape index (κ3) is 6.34. The first-order valence-electron chi connectivity index (χ1n) is 22.3. The van der Waals surface area contributed by atoms with Gasteiger partial charge in [0.05, 0.1) is 28.5 Å². The van der Waals surface area contributed by atoms with Gasteiger partial charge in [-0.2, -0.15) is 0 Å². The van der Waals surface area contributed by atoms with Gasteiger partial charge in [0.1, 0.15) is 0 Å². The molecule has 3 nitrogen and oxygen atoms in total. The standard InChI is InChI=1S/C60H47N3/c1-39-28-30-51-50-24-6-7-26-54(50)59-60(55(51)32-39)62(2)58(38-61-59)48-21-13-20-46(36-48)44-18-11-16-42(34-44)40-14-10-15-41(33-40)43-17-12-19-45(35-43)47-29-31-53-52-25-8-9-27-56(52)63(57(53)37-47)49-22-4-3-5-23-49/h3-31,33-37,39,58,61H,32,38H2,1-2H3. The van der Waals surface area contributed by atoms with Gasteiger partial charge < -0.3 is 14.8 Å². The van der Waals surface area contributed by atoms with Crippen LogP contribution in [0.25, 0.3) is 88.8 Å². The van der Waals surface area contributed by atoms with E-state index in [4.69, 9.17) is 0 Å². The molecular weight excluding hydrogens is 763 g/mol. The van der Waals surface area contributed by atoms with Crippen LogP contribution in [0.5, 0.6) is 0 Å². The lowest BCUT2D eigenvalue weighted by atomic mass is 9.83. The first kappa shape index (κ1) is 37.2. The van der Waals surface area contributed by atoms with Crippen LogP contribution in [-0.2, 0) is 6.42 Å². The number of benzene rings is 9. The number of anilines is 2. The summed E-state index contributed by atoms with van der Waals surface area (Å²) in [5.74, 6) is 0.514. The molecule has 12 rings (SSSR count). The van der Waals surface area contributed by atoms with Gasteiger partial charge in [-0.1, -0.05) is 165 Å². The maximum absolute atomic E-state index is 3.92. The highest BCUT2D eigenvalue weighted by Crippen LogP contribution is 2.48. The summed E-state index contributed by atoms with van der Waals surface area (Å²) >= 11 is 0. The second-order valence-electron chi connectivity index (χ2n) is 17.5. The average molecular weight is 810 g/mol. The zero-order valence-corrected chi connectivity index (χ0v) is 35.6. The minimum atomic E-state index is 0.204. The summed E-state index contributed by atoms with van der Waals surface area (Å²) in [5, 5.41) is 9.10. The number of fused-ring (bicyclic) bond motifs is 9. The monoisotopic (exact) mass is 809 g/mol. The van der Waals surface area contributed by atoms with Gasteiger partial charge in [0.2, 0.25) is 0 Å². The molecule has 10 aromatic rings. The second-order valence-corrected chi connectivity index (χ2v) is 17.5. The molecule has 9 aromatic carbocycles. The second kappa shape index (κ2) is 15.1. The Balaban J connectivity index is 0.852. The molecular formula is C60H47N3. The summed E-state index contributed by atoms with van der Waals surface area (Å²) in [4.78, 5) is 2.54. The van der Waals surface area contributed by atoms with Crippen molar-refractivity contribution in [2.24, 2.45) is 5.92 Å². The van der Waals surface area contributed by atoms with Crippen LogP contribution in [0.4, 0.5) is 11.4 Å². The lowest BCUT2D eigenvalue weighted by molar-refractivity contribution is 0.667. The van der Waals surface area contributed by atoms with Crippen molar-refractivity contribution in [3.63, 3.8) is 0 Å². The molecule has 0 saturated carbocycles. The predicted molar refractivity (Wildman–Crippen MR) is 268 cm³/mol. The lowest BCUT2D eigenvalue weighted by Crippen LogP contribution is -2.36. The largest absolute Gasteiger partial charge is 0.380 e. The Morgan fingerprint density at radius 3 is 1.68 bits per heavy atom. The third-order valence-corrected chi connectivity index (χ3v) is 13.6. The average Bonchev–Trinajstić information content (AvgIpc) is 3.68. The normalized spacial score (nSPS) is 15.7. The van der Waals surface area contributed by atoms with Gasteiger partial charge in [-0.25, -0.2) is 0 Å². The minimum absolute atomic E-state index is 0.204. The molecule has 0 fully saturated rings. The molecule has 2 heterocycles. The van der Waals surface area contributed by atoms with Crippen molar-refractivity contribution in [1.82, 2.24) is 4.57 Å². The van der Waals surface area contributed by atoms with Gasteiger partial charge in [-0.05, 0) is 127 Å². The number of hydrogen-bond donors (Lipinski definition) is 1. The maximum atomic E-state index is 3.92. The maximum Gasteiger partial charge on any atom is 0.0712 e. The predicted octanol–water partition coefficient (Wildman–Crippen LogP) is 15.4. The Morgan fingerprint density at radius 1 is 0.476 bits per heavy atom. The van der Waals surface area contributed by atoms with E-state index >= 15 is 0 Å². The van der Waals surface area contributed by atoms with Crippen molar-refractivity contribution in [1.29, 1.82) is 0 Å². The van der Waals surface area contributed by atoms with Gasteiger partial charge in [-0.3, -0.25) is 0 Å². The molecule has 0 radical (unpaired) electrons. The molecule has 2 atom stereocenters. The van der Waals surface area contributed by atoms with E-state index in [-0.39, 0.29) is 6.04 Å². The molecule has 3 heteroatoms.